The predicted octanol–water partition coefficient (Wildman–Crippen LogP) is 0.895. The van der Waals surface area contributed by atoms with Crippen LogP contribution in [0.15, 0.2) is 51.2 Å². The minimum atomic E-state index is -0.868. The summed E-state index contributed by atoms with van der Waals surface area (Å²) in [4.78, 5) is 53.4. The molecule has 34 heavy (non-hydrogen) atoms. The molecule has 13 nitrogen and oxygen atoms in total. The van der Waals surface area contributed by atoms with E-state index in [-0.39, 0.29) is 19.4 Å². The number of aryl methyl sites for hydroxylation is 1. The third kappa shape index (κ3) is 6.03. The second-order valence-electron chi connectivity index (χ2n) is 7.72. The summed E-state index contributed by atoms with van der Waals surface area (Å²) in [7, 11) is 1.46. The summed E-state index contributed by atoms with van der Waals surface area (Å²) >= 11 is 0. The lowest BCUT2D eigenvalue weighted by molar-refractivity contribution is -0.122. The molecule has 180 valence electrons. The number of hydrogen-bond acceptors (Lipinski definition) is 7. The van der Waals surface area contributed by atoms with Crippen molar-refractivity contribution in [1.29, 1.82) is 0 Å². The third-order valence-electron chi connectivity index (χ3n) is 5.38. The molecule has 4 atom stereocenters. The minimum Gasteiger partial charge on any atom is -0.447 e. The zero-order valence-corrected chi connectivity index (χ0v) is 18.6. The zero-order chi connectivity index (χ0) is 24.7. The number of amides is 2. The van der Waals surface area contributed by atoms with E-state index in [1.54, 1.807) is 0 Å². The molecule has 1 saturated heterocycles. The quantitative estimate of drug-likeness (QED) is 0.292. The van der Waals surface area contributed by atoms with E-state index in [1.165, 1.54) is 24.7 Å². The lowest BCUT2D eigenvalue weighted by Crippen LogP contribution is -2.47. The van der Waals surface area contributed by atoms with E-state index in [0.29, 0.717) is 5.56 Å². The first-order valence-corrected chi connectivity index (χ1v) is 10.5. The number of aromatic amines is 1. The van der Waals surface area contributed by atoms with Gasteiger partial charge in [-0.3, -0.25) is 19.1 Å². The van der Waals surface area contributed by atoms with E-state index in [2.05, 4.69) is 25.6 Å². The van der Waals surface area contributed by atoms with Gasteiger partial charge < -0.3 is 20.1 Å². The van der Waals surface area contributed by atoms with Crippen molar-refractivity contribution in [3.8, 4) is 0 Å². The Balaban J connectivity index is 1.65. The van der Waals surface area contributed by atoms with Crippen LogP contribution in [0.5, 0.6) is 0 Å². The van der Waals surface area contributed by atoms with Gasteiger partial charge in [0.2, 0.25) is 5.91 Å². The number of nitrogens with one attached hydrogen (secondary N) is 3. The topological polar surface area (TPSA) is 180 Å². The van der Waals surface area contributed by atoms with Crippen LogP contribution in [0.2, 0.25) is 0 Å². The fourth-order valence-corrected chi connectivity index (χ4v) is 3.60. The summed E-state index contributed by atoms with van der Waals surface area (Å²) in [6.07, 6.45) is -0.765. The lowest BCUT2D eigenvalue weighted by Gasteiger charge is -2.19. The Morgan fingerprint density at radius 1 is 1.35 bits per heavy atom. The largest absolute Gasteiger partial charge is 0.447 e. The second kappa shape index (κ2) is 11.2. The van der Waals surface area contributed by atoms with Gasteiger partial charge in [-0.2, -0.15) is 0 Å². The maximum atomic E-state index is 12.4. The van der Waals surface area contributed by atoms with Gasteiger partial charge in [-0.1, -0.05) is 35.4 Å². The van der Waals surface area contributed by atoms with E-state index >= 15 is 0 Å². The van der Waals surface area contributed by atoms with E-state index in [9.17, 15) is 19.2 Å². The van der Waals surface area contributed by atoms with Crippen LogP contribution in [0.3, 0.4) is 0 Å². The summed E-state index contributed by atoms with van der Waals surface area (Å²) in [6, 6.07) is 7.58. The number of H-pyrrole nitrogens is 1. The van der Waals surface area contributed by atoms with Gasteiger partial charge in [0.15, 0.2) is 0 Å². The predicted molar refractivity (Wildman–Crippen MR) is 120 cm³/mol. The number of rotatable bonds is 8. The molecule has 0 unspecified atom stereocenters. The first-order chi connectivity index (χ1) is 16.3. The summed E-state index contributed by atoms with van der Waals surface area (Å²) in [5.41, 5.74) is 8.86. The average Bonchev–Trinajstić information content (AvgIpc) is 3.22. The van der Waals surface area contributed by atoms with Crippen LogP contribution in [-0.2, 0) is 20.7 Å². The second-order valence-corrected chi connectivity index (χ2v) is 7.72. The van der Waals surface area contributed by atoms with Gasteiger partial charge in [0.25, 0.3) is 5.56 Å². The third-order valence-corrected chi connectivity index (χ3v) is 5.38. The number of nitrogens with zero attached hydrogens (tertiary/aromatic N) is 4. The summed E-state index contributed by atoms with van der Waals surface area (Å²) in [5.74, 6) is -0.391. The van der Waals surface area contributed by atoms with Crippen molar-refractivity contribution < 1.29 is 19.1 Å². The fraction of sp³-hybridized carbons (Fsp3) is 0.429. The summed E-state index contributed by atoms with van der Waals surface area (Å²) < 4.78 is 12.2. The van der Waals surface area contributed by atoms with Gasteiger partial charge in [0, 0.05) is 36.6 Å². The van der Waals surface area contributed by atoms with Crippen molar-refractivity contribution in [2.24, 2.45) is 5.11 Å². The number of benzene rings is 1. The summed E-state index contributed by atoms with van der Waals surface area (Å²) in [5, 5.41) is 8.71. The molecule has 0 bridgehead atoms. The van der Waals surface area contributed by atoms with Gasteiger partial charge >= 0.3 is 11.8 Å². The minimum absolute atomic E-state index is 0.139. The molecule has 1 aromatic heterocycles. The van der Waals surface area contributed by atoms with Crippen molar-refractivity contribution in [2.75, 3.05) is 13.7 Å². The Kier molecular flexibility index (Phi) is 8.06. The SMILES string of the molecule is CNC(=O)[C@H](Cc1ccccc1)NC(=O)OC[C@H]1O[C@@H](n2cc(C)c(=O)[nH]c2=O)C[C@@H]1N=[N+]=[N-]. The molecular weight excluding hydrogens is 446 g/mol. The number of likely N-dealkylation sites (N-methyl/N-ethyl adjacent to an activating group) is 1. The van der Waals surface area contributed by atoms with E-state index in [1.807, 2.05) is 30.3 Å². The Labute approximate surface area is 193 Å². The molecule has 2 aromatic rings. The van der Waals surface area contributed by atoms with E-state index in [4.69, 9.17) is 15.0 Å². The highest BCUT2D eigenvalue weighted by atomic mass is 16.6. The van der Waals surface area contributed by atoms with Crippen LogP contribution in [0, 0.1) is 6.92 Å². The molecule has 2 amide bonds. The molecular formula is C21H25N7O6. The Morgan fingerprint density at radius 2 is 2.09 bits per heavy atom. The molecule has 3 rings (SSSR count). The molecule has 1 aliphatic heterocycles. The number of ether oxygens (including phenoxy) is 2. The number of carbonyl (C=O) groups excluding carboxylic acids is 2. The Morgan fingerprint density at radius 3 is 2.76 bits per heavy atom. The highest BCUT2D eigenvalue weighted by molar-refractivity contribution is 5.85. The molecule has 0 radical (unpaired) electrons. The monoisotopic (exact) mass is 471 g/mol. The maximum Gasteiger partial charge on any atom is 0.407 e. The van der Waals surface area contributed by atoms with Crippen LogP contribution in [-0.4, -0.2) is 53.4 Å². The smallest absolute Gasteiger partial charge is 0.407 e. The number of carbonyl (C=O) groups is 2. The Bertz CT molecular complexity index is 1190. The van der Waals surface area contributed by atoms with E-state index < -0.39 is 47.7 Å². The Hall–Kier alpha value is -4.09. The normalized spacial score (nSPS) is 20.1. The number of aromatic nitrogens is 2. The van der Waals surface area contributed by atoms with Crippen LogP contribution in [0.1, 0.15) is 23.8 Å². The first kappa shape index (κ1) is 24.6. The van der Waals surface area contributed by atoms with Crippen molar-refractivity contribution in [3.63, 3.8) is 0 Å². The van der Waals surface area contributed by atoms with Crippen LogP contribution < -0.4 is 21.9 Å². The molecule has 13 heteroatoms. The van der Waals surface area contributed by atoms with Crippen LogP contribution >= 0.6 is 0 Å². The van der Waals surface area contributed by atoms with Gasteiger partial charge in [0.1, 0.15) is 25.0 Å². The number of azide groups is 1. The van der Waals surface area contributed by atoms with Crippen LogP contribution in [0.25, 0.3) is 10.4 Å². The average molecular weight is 471 g/mol. The highest BCUT2D eigenvalue weighted by Gasteiger charge is 2.37. The number of hydrogen-bond donors (Lipinski definition) is 3. The molecule has 1 aromatic carbocycles. The van der Waals surface area contributed by atoms with Crippen molar-refractivity contribution in [2.45, 2.75) is 44.2 Å². The molecule has 0 saturated carbocycles. The van der Waals surface area contributed by atoms with Crippen molar-refractivity contribution >= 4 is 12.0 Å². The molecule has 0 aliphatic carbocycles. The molecule has 1 aliphatic rings. The maximum absolute atomic E-state index is 12.4. The van der Waals surface area contributed by atoms with Gasteiger partial charge in [-0.15, -0.1) is 0 Å². The highest BCUT2D eigenvalue weighted by Crippen LogP contribution is 2.30. The van der Waals surface area contributed by atoms with Crippen LogP contribution in [0.4, 0.5) is 4.79 Å². The molecule has 3 N–H and O–H groups in total. The molecule has 0 spiro atoms. The summed E-state index contributed by atoms with van der Waals surface area (Å²) in [6.45, 7) is 1.26. The van der Waals surface area contributed by atoms with Crippen molar-refractivity contribution in [3.05, 3.63) is 78.9 Å². The van der Waals surface area contributed by atoms with E-state index in [0.717, 1.165) is 5.56 Å². The van der Waals surface area contributed by atoms with Gasteiger partial charge in [-0.25, -0.2) is 9.59 Å². The zero-order valence-electron chi connectivity index (χ0n) is 18.6. The number of alkyl carbamates (subject to hydrolysis) is 1. The lowest BCUT2D eigenvalue weighted by atomic mass is 10.1. The van der Waals surface area contributed by atoms with Gasteiger partial charge in [-0.05, 0) is 18.0 Å². The van der Waals surface area contributed by atoms with Gasteiger partial charge in [0.05, 0.1) is 6.04 Å². The molecule has 1 fully saturated rings. The first-order valence-electron chi connectivity index (χ1n) is 10.5. The van der Waals surface area contributed by atoms with Crippen molar-refractivity contribution in [1.82, 2.24) is 20.2 Å². The fourth-order valence-electron chi connectivity index (χ4n) is 3.60. The standard InChI is InChI=1S/C21H25N7O6/c1-12-10-28(20(31)25-18(12)29)17-9-14(26-27-22)16(34-17)11-33-21(32)24-15(19(30)23-2)8-13-6-4-3-5-7-13/h3-7,10,14-17H,8-9,11H2,1-2H3,(H,23,30)(H,24,32)(H,25,29,31)/t14-,15-,16+,17+/m0/s1. The molecule has 2 heterocycles.